The lowest BCUT2D eigenvalue weighted by Gasteiger charge is -2.32. The molecule has 4 aliphatic heterocycles. The van der Waals surface area contributed by atoms with E-state index in [0.29, 0.717) is 0 Å². The van der Waals surface area contributed by atoms with Crippen LogP contribution in [-0.2, 0) is 18.6 Å². The molecule has 2 aromatic heterocycles. The van der Waals surface area contributed by atoms with E-state index in [9.17, 15) is 0 Å². The average molecular weight is 657 g/mol. The molecule has 10 heteroatoms. The second-order valence-electron chi connectivity index (χ2n) is 16.3. The second-order valence-corrected chi connectivity index (χ2v) is 27.0. The summed E-state index contributed by atoms with van der Waals surface area (Å²) in [7, 11) is -4.53. The van der Waals surface area contributed by atoms with Crippen molar-refractivity contribution in [3.8, 4) is 20.9 Å². The molecule has 2 aromatic carbocycles. The van der Waals surface area contributed by atoms with E-state index in [1.807, 2.05) is 22.7 Å². The van der Waals surface area contributed by atoms with Gasteiger partial charge in [-0.1, -0.05) is 62.6 Å². The van der Waals surface area contributed by atoms with Crippen molar-refractivity contribution in [1.29, 1.82) is 0 Å². The van der Waals surface area contributed by atoms with E-state index < -0.39 is 16.1 Å². The predicted molar refractivity (Wildman–Crippen MR) is 196 cm³/mol. The highest BCUT2D eigenvalue weighted by atomic mass is 32.1. The van der Waals surface area contributed by atoms with Crippen LogP contribution in [0.4, 0.5) is 0 Å². The van der Waals surface area contributed by atoms with Gasteiger partial charge in [-0.3, -0.25) is 0 Å². The maximum Gasteiger partial charge on any atom is 0.505 e. The highest BCUT2D eigenvalue weighted by Gasteiger charge is 2.55. The largest absolute Gasteiger partial charge is 0.505 e. The van der Waals surface area contributed by atoms with E-state index in [4.69, 9.17) is 18.6 Å². The van der Waals surface area contributed by atoms with E-state index in [1.165, 1.54) is 51.6 Å². The number of thiophene rings is 2. The maximum absolute atomic E-state index is 6.46. The Morgan fingerprint density at radius 1 is 0.523 bits per heavy atom. The lowest BCUT2D eigenvalue weighted by molar-refractivity contribution is 0.00578. The molecule has 228 valence electrons. The third-order valence-electron chi connectivity index (χ3n) is 11.8. The van der Waals surface area contributed by atoms with Crippen LogP contribution in [-0.4, -0.2) is 52.8 Å². The Hall–Kier alpha value is -1.50. The van der Waals surface area contributed by atoms with Crippen LogP contribution in [0.15, 0.2) is 36.4 Å². The Balaban J connectivity index is 1.21. The molecule has 0 bridgehead atoms. The van der Waals surface area contributed by atoms with E-state index in [1.54, 1.807) is 10.4 Å². The quantitative estimate of drug-likeness (QED) is 0.280. The first-order chi connectivity index (χ1) is 20.3. The Bertz CT molecular complexity index is 1750. The summed E-state index contributed by atoms with van der Waals surface area (Å²) < 4.78 is 28.3. The van der Waals surface area contributed by atoms with E-state index in [-0.39, 0.29) is 36.6 Å². The van der Waals surface area contributed by atoms with Gasteiger partial charge in [0.1, 0.15) is 16.1 Å². The summed E-state index contributed by atoms with van der Waals surface area (Å²) in [4.78, 5) is 2.85. The topological polar surface area (TPSA) is 36.9 Å². The minimum absolute atomic E-state index is 0.305. The van der Waals surface area contributed by atoms with Crippen LogP contribution in [0.1, 0.15) is 55.4 Å². The van der Waals surface area contributed by atoms with Crippen LogP contribution >= 0.6 is 22.7 Å². The molecule has 0 aliphatic carbocycles. The zero-order chi connectivity index (χ0) is 31.6. The van der Waals surface area contributed by atoms with Crippen molar-refractivity contribution < 1.29 is 18.6 Å². The molecular weight excluding hydrogens is 614 g/mol. The predicted octanol–water partition coefficient (Wildman–Crippen LogP) is 5.17. The summed E-state index contributed by atoms with van der Waals surface area (Å²) in [6.45, 7) is 27.2. The SMILES string of the molecule is CC1(C)OB(c2cc3c(s2)-c2ccc4c5c(ccc4c2[Si]3(C)C)-c2sc(B3OC(C)(C)C(C)(C)O3)cc2[Si]5(C)C)OC1(C)C. The molecule has 44 heavy (non-hydrogen) atoms. The summed E-state index contributed by atoms with van der Waals surface area (Å²) in [5.41, 5.74) is 1.50. The van der Waals surface area contributed by atoms with Gasteiger partial charge in [-0.15, -0.1) is 22.7 Å². The van der Waals surface area contributed by atoms with Crippen molar-refractivity contribution in [2.75, 3.05) is 0 Å². The smallest absolute Gasteiger partial charge is 0.399 e. The maximum atomic E-state index is 6.46. The van der Waals surface area contributed by atoms with Gasteiger partial charge < -0.3 is 18.6 Å². The summed E-state index contributed by atoms with van der Waals surface area (Å²) in [6.07, 6.45) is 0. The summed E-state index contributed by atoms with van der Waals surface area (Å²) in [5.74, 6) is 0. The summed E-state index contributed by atoms with van der Waals surface area (Å²) in [5, 5.41) is 9.16. The molecular formula is C34H42B2O4S2Si2. The monoisotopic (exact) mass is 656 g/mol. The zero-order valence-electron chi connectivity index (χ0n) is 28.1. The highest BCUT2D eigenvalue weighted by Crippen LogP contribution is 2.42. The minimum atomic E-state index is -1.96. The van der Waals surface area contributed by atoms with Crippen molar-refractivity contribution in [1.82, 2.24) is 0 Å². The van der Waals surface area contributed by atoms with Crippen LogP contribution in [0.3, 0.4) is 0 Å². The molecule has 0 amide bonds. The summed E-state index contributed by atoms with van der Waals surface area (Å²) >= 11 is 3.75. The minimum Gasteiger partial charge on any atom is -0.399 e. The molecule has 4 aliphatic rings. The standard InChI is InChI=1S/C34H42B2O4S2Si2/c1-31(2)32(3,4)38-35(37-31)25-17-23-27(41-25)21-15-13-20-19(29(21)43(23,9)10)14-16-22-28-24(44(11,12)30(20)22)18-26(42-28)36-39-33(5,6)34(7,8)40-36/h13-18H,1-12H3. The van der Waals surface area contributed by atoms with Crippen molar-refractivity contribution in [3.63, 3.8) is 0 Å². The van der Waals surface area contributed by atoms with Crippen LogP contribution < -0.4 is 30.3 Å². The van der Waals surface area contributed by atoms with Crippen LogP contribution in [0, 0.1) is 0 Å². The lowest BCUT2D eigenvalue weighted by atomic mass is 9.88. The number of hydrogen-bond acceptors (Lipinski definition) is 6. The molecule has 8 rings (SSSR count). The van der Waals surface area contributed by atoms with E-state index in [0.717, 1.165) is 0 Å². The highest BCUT2D eigenvalue weighted by molar-refractivity contribution is 7.30. The molecule has 4 aromatic rings. The molecule has 0 saturated carbocycles. The van der Waals surface area contributed by atoms with Crippen molar-refractivity contribution in [2.45, 2.75) is 104 Å². The van der Waals surface area contributed by atoms with Crippen molar-refractivity contribution in [3.05, 3.63) is 36.4 Å². The Labute approximate surface area is 272 Å². The number of hydrogen-bond donors (Lipinski definition) is 0. The second kappa shape index (κ2) is 8.69. The third kappa shape index (κ3) is 3.71. The van der Waals surface area contributed by atoms with Gasteiger partial charge in [0, 0.05) is 19.3 Å². The molecule has 0 radical (unpaired) electrons. The number of benzene rings is 2. The van der Waals surface area contributed by atoms with E-state index >= 15 is 0 Å². The molecule has 0 spiro atoms. The Kier molecular flexibility index (Phi) is 5.90. The molecule has 0 unspecified atom stereocenters. The molecule has 6 heterocycles. The van der Waals surface area contributed by atoms with Gasteiger partial charge in [-0.25, -0.2) is 0 Å². The normalized spacial score (nSPS) is 24.1. The molecule has 0 atom stereocenters. The average Bonchev–Trinajstić information content (AvgIpc) is 3.69. The number of fused-ring (bicyclic) bond motifs is 9. The number of rotatable bonds is 2. The molecule has 0 N–H and O–H groups in total. The van der Waals surface area contributed by atoms with Gasteiger partial charge in [0.2, 0.25) is 0 Å². The molecule has 4 nitrogen and oxygen atoms in total. The van der Waals surface area contributed by atoms with E-state index in [2.05, 4.69) is 118 Å². The fraction of sp³-hybridized carbons (Fsp3) is 0.471. The van der Waals surface area contributed by atoms with Gasteiger partial charge in [0.05, 0.1) is 22.4 Å². The fourth-order valence-electron chi connectivity index (χ4n) is 7.70. The van der Waals surface area contributed by atoms with Gasteiger partial charge in [-0.2, -0.15) is 0 Å². The fourth-order valence-corrected chi connectivity index (χ4v) is 18.6. The van der Waals surface area contributed by atoms with Crippen LogP contribution in [0.25, 0.3) is 31.7 Å². The summed E-state index contributed by atoms with van der Waals surface area (Å²) in [6, 6.07) is 14.6. The van der Waals surface area contributed by atoms with Gasteiger partial charge in [0.25, 0.3) is 0 Å². The van der Waals surface area contributed by atoms with Crippen LogP contribution in [0.5, 0.6) is 0 Å². The zero-order valence-corrected chi connectivity index (χ0v) is 31.7. The lowest BCUT2D eigenvalue weighted by Crippen LogP contribution is -2.52. The van der Waals surface area contributed by atoms with Gasteiger partial charge in [-0.05, 0) is 98.0 Å². The molecule has 2 fully saturated rings. The van der Waals surface area contributed by atoms with Crippen molar-refractivity contribution in [2.24, 2.45) is 0 Å². The third-order valence-corrected chi connectivity index (χ3v) is 21.6. The molecule has 2 saturated heterocycles. The van der Waals surface area contributed by atoms with Gasteiger partial charge >= 0.3 is 14.2 Å². The first-order valence-corrected chi connectivity index (χ1v) is 23.5. The Morgan fingerprint density at radius 3 is 1.16 bits per heavy atom. The van der Waals surface area contributed by atoms with Gasteiger partial charge in [0.15, 0.2) is 0 Å². The van der Waals surface area contributed by atoms with Crippen molar-refractivity contribution >= 4 is 94.1 Å². The first kappa shape index (κ1) is 29.9. The first-order valence-electron chi connectivity index (χ1n) is 15.9. The Morgan fingerprint density at radius 2 is 0.841 bits per heavy atom. The van der Waals surface area contributed by atoms with Crippen LogP contribution in [0.2, 0.25) is 26.2 Å².